The molecule has 0 aromatic rings. The zero-order valence-electron chi connectivity index (χ0n) is 10.3. The van der Waals surface area contributed by atoms with E-state index in [1.54, 1.807) is 0 Å². The van der Waals surface area contributed by atoms with Crippen molar-refractivity contribution in [3.8, 4) is 0 Å². The molecule has 5 nitrogen and oxygen atoms in total. The monoisotopic (exact) mass is 337 g/mol. The summed E-state index contributed by atoms with van der Waals surface area (Å²) in [7, 11) is 0. The molecule has 0 spiro atoms. The van der Waals surface area contributed by atoms with E-state index in [4.69, 9.17) is 5.73 Å². The van der Waals surface area contributed by atoms with E-state index in [9.17, 15) is 19.8 Å². The van der Waals surface area contributed by atoms with E-state index in [1.165, 1.54) is 39.5 Å². The maximum Gasteiger partial charge on any atom is 2.00 e. The van der Waals surface area contributed by atoms with Gasteiger partial charge in [-0.25, -0.2) is 0 Å². The largest absolute Gasteiger partial charge is 2.00 e. The van der Waals surface area contributed by atoms with E-state index < -0.39 is 11.9 Å². The minimum atomic E-state index is -0.995. The smallest absolute Gasteiger partial charge is 0.550 e. The maximum atomic E-state index is 9.26. The Morgan fingerprint density at radius 1 is 1.06 bits per heavy atom. The van der Waals surface area contributed by atoms with Crippen LogP contribution in [0, 0.1) is 0 Å². The molecule has 1 fully saturated rings. The zero-order chi connectivity index (χ0) is 13.0. The molecule has 0 aromatic heterocycles. The van der Waals surface area contributed by atoms with Gasteiger partial charge in [0, 0.05) is 18.0 Å². The van der Waals surface area contributed by atoms with Gasteiger partial charge in [-0.1, -0.05) is 26.7 Å². The molecule has 1 rings (SSSR count). The third kappa shape index (κ3) is 25.7. The predicted molar refractivity (Wildman–Crippen MR) is 57.0 cm³/mol. The van der Waals surface area contributed by atoms with Crippen LogP contribution in [0.15, 0.2) is 0 Å². The van der Waals surface area contributed by atoms with Gasteiger partial charge in [0.05, 0.1) is 0 Å². The van der Waals surface area contributed by atoms with Crippen molar-refractivity contribution in [2.24, 2.45) is 5.73 Å². The van der Waals surface area contributed by atoms with Crippen LogP contribution in [-0.4, -0.2) is 18.0 Å². The molecule has 0 atom stereocenters. The number of carbonyl (C=O) groups is 2. The molecule has 6 heteroatoms. The van der Waals surface area contributed by atoms with Gasteiger partial charge in [-0.3, -0.25) is 0 Å². The molecule has 1 saturated carbocycles. The van der Waals surface area contributed by atoms with Crippen LogP contribution in [0.2, 0.25) is 0 Å². The molecule has 2 N–H and O–H groups in total. The third-order valence-corrected chi connectivity index (χ3v) is 1.98. The summed E-state index contributed by atoms with van der Waals surface area (Å²) < 4.78 is 0. The average Bonchev–Trinajstić information content (AvgIpc) is 2.71. The van der Waals surface area contributed by atoms with Gasteiger partial charge in [-0.2, -0.15) is 0 Å². The molecule has 0 unspecified atom stereocenters. The molecule has 104 valence electrons. The molecule has 1 aliphatic carbocycles. The van der Waals surface area contributed by atoms with E-state index in [0.717, 1.165) is 0 Å². The number of hydrogen-bond donors (Lipinski definition) is 1. The fourth-order valence-corrected chi connectivity index (χ4v) is 0.957. The second-order valence-electron chi connectivity index (χ2n) is 3.50. The molecule has 17 heavy (non-hydrogen) atoms. The summed E-state index contributed by atoms with van der Waals surface area (Å²) in [5, 5.41) is 18.5. The summed E-state index contributed by atoms with van der Waals surface area (Å²) >= 11 is 0. The van der Waals surface area contributed by atoms with Crippen LogP contribution in [0.25, 0.3) is 0 Å². The van der Waals surface area contributed by atoms with Gasteiger partial charge in [0.15, 0.2) is 0 Å². The molecule has 0 aromatic carbocycles. The summed E-state index contributed by atoms with van der Waals surface area (Å²) in [5.74, 6) is -1.99. The molecule has 0 heterocycles. The second-order valence-corrected chi connectivity index (χ2v) is 3.50. The minimum Gasteiger partial charge on any atom is -0.550 e. The van der Waals surface area contributed by atoms with Crippen molar-refractivity contribution in [2.45, 2.75) is 58.4 Å². The summed E-state index contributed by atoms with van der Waals surface area (Å²) in [6.07, 6.45) is 5.47. The molecule has 0 bridgehead atoms. The fourth-order valence-electron chi connectivity index (χ4n) is 0.957. The van der Waals surface area contributed by atoms with Crippen molar-refractivity contribution >= 4 is 11.9 Å². The second kappa shape index (κ2) is 15.6. The number of carbonyl (C=O) groups excluding carboxylic acids is 2. The number of carboxylic acid groups (broad SMARTS) is 2. The van der Waals surface area contributed by atoms with Crippen molar-refractivity contribution in [1.82, 2.24) is 0 Å². The van der Waals surface area contributed by atoms with Gasteiger partial charge in [-0.15, -0.1) is 0 Å². The van der Waals surface area contributed by atoms with Crippen LogP contribution in [0.1, 0.15) is 52.4 Å². The van der Waals surface area contributed by atoms with E-state index in [2.05, 4.69) is 0 Å². The predicted octanol–water partition coefficient (Wildman–Crippen LogP) is -0.822. The molecular formula is C11H21NO4Pd. The van der Waals surface area contributed by atoms with E-state index in [-0.39, 0.29) is 33.3 Å². The quantitative estimate of drug-likeness (QED) is 0.662. The van der Waals surface area contributed by atoms with Crippen molar-refractivity contribution in [3.63, 3.8) is 0 Å². The van der Waals surface area contributed by atoms with Crippen LogP contribution < -0.4 is 15.9 Å². The normalized spacial score (nSPS) is 13.4. The molecule has 0 aliphatic heterocycles. The van der Waals surface area contributed by atoms with Crippen molar-refractivity contribution in [1.29, 1.82) is 0 Å². The maximum absolute atomic E-state index is 9.26. The van der Waals surface area contributed by atoms with Crippen LogP contribution in [0.5, 0.6) is 0 Å². The minimum absolute atomic E-state index is 0. The first-order valence-electron chi connectivity index (χ1n) is 5.59. The van der Waals surface area contributed by atoms with Gasteiger partial charge in [0.1, 0.15) is 0 Å². The molecule has 0 saturated heterocycles. The number of nitrogens with two attached hydrogens (primary N) is 1. The van der Waals surface area contributed by atoms with Crippen LogP contribution >= 0.6 is 0 Å². The summed E-state index contributed by atoms with van der Waals surface area (Å²) in [6.45, 7) is 3.07. The Kier molecular flexibility index (Phi) is 20.0. The summed E-state index contributed by atoms with van der Waals surface area (Å²) in [4.78, 5) is 18.5. The van der Waals surface area contributed by atoms with Gasteiger partial charge in [-0.05, 0) is 25.7 Å². The molecular weight excluding hydrogens is 317 g/mol. The number of hydrogen-bond acceptors (Lipinski definition) is 5. The fraction of sp³-hybridized carbons (Fsp3) is 0.818. The Hall–Kier alpha value is -0.438. The number of aliphatic carboxylic acids is 2. The van der Waals surface area contributed by atoms with E-state index in [0.29, 0.717) is 6.04 Å². The standard InChI is InChI=1S/C5H11N.2C3H6O2.Pd/c6-5-3-1-2-4-5;2*1-2-3(4)5;/h5H,1-4,6H2;2*2H2,1H3,(H,4,5);/q;;;+2/p-2. The topological polar surface area (TPSA) is 106 Å². The Balaban J connectivity index is -0.000000170. The van der Waals surface area contributed by atoms with E-state index in [1.807, 2.05) is 0 Å². The number of rotatable bonds is 2. The molecule has 0 radical (unpaired) electrons. The Morgan fingerprint density at radius 3 is 1.35 bits per heavy atom. The third-order valence-electron chi connectivity index (χ3n) is 1.98. The summed E-state index contributed by atoms with van der Waals surface area (Å²) in [6, 6.07) is 0.546. The van der Waals surface area contributed by atoms with Crippen LogP contribution in [0.4, 0.5) is 0 Å². The first-order valence-corrected chi connectivity index (χ1v) is 5.59. The summed E-state index contributed by atoms with van der Waals surface area (Å²) in [5.41, 5.74) is 5.53. The van der Waals surface area contributed by atoms with Gasteiger partial charge in [0.2, 0.25) is 0 Å². The Bertz CT molecular complexity index is 180. The van der Waals surface area contributed by atoms with E-state index >= 15 is 0 Å². The molecule has 1 aliphatic rings. The van der Waals surface area contributed by atoms with Crippen molar-refractivity contribution in [2.75, 3.05) is 0 Å². The van der Waals surface area contributed by atoms with Crippen LogP contribution in [-0.2, 0) is 30.0 Å². The SMILES string of the molecule is CCC(=O)[O-].CCC(=O)[O-].NC1CCCC1.[Pd+2]. The number of carboxylic acids is 2. The van der Waals surface area contributed by atoms with Gasteiger partial charge >= 0.3 is 20.4 Å². The first-order chi connectivity index (χ1) is 7.43. The average molecular weight is 338 g/mol. The molecule has 0 amide bonds. The van der Waals surface area contributed by atoms with Crippen LogP contribution in [0.3, 0.4) is 0 Å². The van der Waals surface area contributed by atoms with Crippen molar-refractivity contribution < 1.29 is 40.2 Å². The van der Waals surface area contributed by atoms with Gasteiger partial charge < -0.3 is 25.5 Å². The van der Waals surface area contributed by atoms with Gasteiger partial charge in [0.25, 0.3) is 0 Å². The Morgan fingerprint density at radius 2 is 1.29 bits per heavy atom. The van der Waals surface area contributed by atoms with Crippen molar-refractivity contribution in [3.05, 3.63) is 0 Å². The zero-order valence-corrected chi connectivity index (χ0v) is 11.9. The first kappa shape index (κ1) is 21.8. The Labute approximate surface area is 116 Å².